The Morgan fingerprint density at radius 2 is 2.04 bits per heavy atom. The number of hydrogen-bond donors (Lipinski definition) is 1. The zero-order valence-electron chi connectivity index (χ0n) is 11.4. The summed E-state index contributed by atoms with van der Waals surface area (Å²) < 4.78 is 44.2. The van der Waals surface area contributed by atoms with E-state index in [4.69, 9.17) is 4.74 Å². The van der Waals surface area contributed by atoms with Gasteiger partial charge in [0.2, 0.25) is 12.3 Å². The van der Waals surface area contributed by atoms with Crippen molar-refractivity contribution in [3.05, 3.63) is 57.8 Å². The van der Waals surface area contributed by atoms with Crippen molar-refractivity contribution in [3.63, 3.8) is 0 Å². The zero-order chi connectivity index (χ0) is 17.2. The van der Waals surface area contributed by atoms with Crippen molar-refractivity contribution in [2.75, 3.05) is 0 Å². The molecule has 0 aliphatic carbocycles. The van der Waals surface area contributed by atoms with Crippen molar-refractivity contribution in [1.82, 2.24) is 0 Å². The predicted octanol–water partition coefficient (Wildman–Crippen LogP) is 3.03. The van der Waals surface area contributed by atoms with E-state index in [0.717, 1.165) is 6.08 Å². The van der Waals surface area contributed by atoms with E-state index < -0.39 is 28.7 Å². The Morgan fingerprint density at radius 1 is 1.39 bits per heavy atom. The molecule has 6 nitrogen and oxygen atoms in total. The van der Waals surface area contributed by atoms with Crippen molar-refractivity contribution in [2.45, 2.75) is 18.7 Å². The number of allylic oxidation sites excluding steroid dienone is 2. The maximum absolute atomic E-state index is 13.1. The van der Waals surface area contributed by atoms with E-state index >= 15 is 0 Å². The van der Waals surface area contributed by atoms with Gasteiger partial charge in [0.25, 0.3) is 0 Å². The van der Waals surface area contributed by atoms with Crippen LogP contribution in [0.3, 0.4) is 0 Å². The molecule has 1 heterocycles. The average molecular weight is 329 g/mol. The molecule has 1 aromatic carbocycles. The molecule has 23 heavy (non-hydrogen) atoms. The van der Waals surface area contributed by atoms with E-state index in [2.05, 4.69) is 0 Å². The number of para-hydroxylation sites is 1. The Hall–Kier alpha value is -2.84. The van der Waals surface area contributed by atoms with E-state index in [1.807, 2.05) is 0 Å². The van der Waals surface area contributed by atoms with Gasteiger partial charge in [0.15, 0.2) is 0 Å². The molecule has 1 atom stereocenters. The van der Waals surface area contributed by atoms with Crippen LogP contribution in [-0.4, -0.2) is 28.3 Å². The highest BCUT2D eigenvalue weighted by atomic mass is 19.4. The SMILES string of the molecule is O=C(O)C1=C(CC=C[N+](=O)[O-])c2ccccc2OC1C(F)(F)F. The zero-order valence-corrected chi connectivity index (χ0v) is 11.4. The smallest absolute Gasteiger partial charge is 0.430 e. The minimum absolute atomic E-state index is 0.121. The lowest BCUT2D eigenvalue weighted by Crippen LogP contribution is -2.41. The number of aliphatic carboxylic acids is 1. The van der Waals surface area contributed by atoms with Crippen LogP contribution in [-0.2, 0) is 4.79 Å². The maximum atomic E-state index is 13.1. The largest absolute Gasteiger partial charge is 0.478 e. The Kier molecular flexibility index (Phi) is 4.39. The normalized spacial score (nSPS) is 17.8. The van der Waals surface area contributed by atoms with Gasteiger partial charge in [0.05, 0.1) is 10.5 Å². The second-order valence-electron chi connectivity index (χ2n) is 4.61. The van der Waals surface area contributed by atoms with Crippen molar-refractivity contribution in [3.8, 4) is 5.75 Å². The molecule has 1 aliphatic rings. The number of halogens is 3. The Balaban J connectivity index is 2.61. The van der Waals surface area contributed by atoms with Gasteiger partial charge < -0.3 is 9.84 Å². The van der Waals surface area contributed by atoms with Crippen LogP contribution in [0.5, 0.6) is 5.75 Å². The third-order valence-corrected chi connectivity index (χ3v) is 3.12. The molecular formula is C14H10F3NO5. The van der Waals surface area contributed by atoms with Crippen LogP contribution in [0.4, 0.5) is 13.2 Å². The highest BCUT2D eigenvalue weighted by molar-refractivity contribution is 5.99. The summed E-state index contributed by atoms with van der Waals surface area (Å²) in [5.41, 5.74) is -0.970. The van der Waals surface area contributed by atoms with E-state index in [1.54, 1.807) is 0 Å². The van der Waals surface area contributed by atoms with Gasteiger partial charge >= 0.3 is 12.1 Å². The van der Waals surface area contributed by atoms with Gasteiger partial charge in [0.1, 0.15) is 5.75 Å². The van der Waals surface area contributed by atoms with Crippen LogP contribution in [0, 0.1) is 10.1 Å². The standard InChI is InChI=1S/C14H10F3NO5/c15-14(16,17)12-11(13(19)20)9(5-3-7-18(21)22)8-4-1-2-6-10(8)23-12/h1-4,6-7,12H,5H2,(H,19,20). The summed E-state index contributed by atoms with van der Waals surface area (Å²) in [6, 6.07) is 5.64. The molecule has 1 unspecified atom stereocenters. The molecule has 0 spiro atoms. The quantitative estimate of drug-likeness (QED) is 0.677. The number of carbonyl (C=O) groups is 1. The van der Waals surface area contributed by atoms with E-state index in [-0.39, 0.29) is 23.3 Å². The molecule has 0 amide bonds. The summed E-state index contributed by atoms with van der Waals surface area (Å²) in [5, 5.41) is 19.5. The van der Waals surface area contributed by atoms with Gasteiger partial charge in [-0.2, -0.15) is 13.2 Å². The number of carboxylic acids is 1. The lowest BCUT2D eigenvalue weighted by molar-refractivity contribution is -0.402. The molecule has 0 saturated carbocycles. The highest BCUT2D eigenvalue weighted by Gasteiger charge is 2.50. The average Bonchev–Trinajstić information content (AvgIpc) is 2.44. The van der Waals surface area contributed by atoms with Gasteiger partial charge in [-0.1, -0.05) is 18.2 Å². The van der Waals surface area contributed by atoms with Gasteiger partial charge in [-0.15, -0.1) is 0 Å². The van der Waals surface area contributed by atoms with Crippen molar-refractivity contribution < 1.29 is 32.7 Å². The van der Waals surface area contributed by atoms with Crippen LogP contribution < -0.4 is 4.74 Å². The number of benzene rings is 1. The summed E-state index contributed by atoms with van der Waals surface area (Å²) in [4.78, 5) is 20.9. The second-order valence-corrected chi connectivity index (χ2v) is 4.61. The summed E-state index contributed by atoms with van der Waals surface area (Å²) in [6.07, 6.45) is -6.36. The van der Waals surface area contributed by atoms with Crippen LogP contribution in [0.25, 0.3) is 5.57 Å². The summed E-state index contributed by atoms with van der Waals surface area (Å²) in [7, 11) is 0. The van der Waals surface area contributed by atoms with Crippen LogP contribution in [0.15, 0.2) is 42.1 Å². The van der Waals surface area contributed by atoms with Crippen molar-refractivity contribution >= 4 is 11.5 Å². The first-order chi connectivity index (χ1) is 10.7. The van der Waals surface area contributed by atoms with Crippen LogP contribution >= 0.6 is 0 Å². The van der Waals surface area contributed by atoms with E-state index in [1.165, 1.54) is 24.3 Å². The van der Waals surface area contributed by atoms with Gasteiger partial charge in [0, 0.05) is 5.56 Å². The topological polar surface area (TPSA) is 89.7 Å². The fourth-order valence-electron chi connectivity index (χ4n) is 2.26. The molecule has 0 aromatic heterocycles. The number of nitro groups is 1. The molecule has 1 N–H and O–H groups in total. The minimum atomic E-state index is -4.93. The maximum Gasteiger partial charge on any atom is 0.430 e. The lowest BCUT2D eigenvalue weighted by Gasteiger charge is -2.30. The predicted molar refractivity (Wildman–Crippen MR) is 72.2 cm³/mol. The van der Waals surface area contributed by atoms with Crippen molar-refractivity contribution in [2.24, 2.45) is 0 Å². The number of fused-ring (bicyclic) bond motifs is 1. The molecule has 0 bridgehead atoms. The number of rotatable bonds is 4. The summed E-state index contributed by atoms with van der Waals surface area (Å²) in [5.74, 6) is -1.91. The van der Waals surface area contributed by atoms with E-state index in [9.17, 15) is 33.2 Å². The van der Waals surface area contributed by atoms with Crippen LogP contribution in [0.1, 0.15) is 12.0 Å². The molecule has 0 radical (unpaired) electrons. The molecular weight excluding hydrogens is 319 g/mol. The molecule has 0 fully saturated rings. The summed E-state index contributed by atoms with van der Waals surface area (Å²) in [6.45, 7) is 0. The monoisotopic (exact) mass is 329 g/mol. The number of hydrogen-bond acceptors (Lipinski definition) is 4. The van der Waals surface area contributed by atoms with Crippen LogP contribution in [0.2, 0.25) is 0 Å². The fraction of sp³-hybridized carbons (Fsp3) is 0.214. The molecule has 1 aliphatic heterocycles. The molecule has 122 valence electrons. The summed E-state index contributed by atoms with van der Waals surface area (Å²) >= 11 is 0. The number of nitrogens with zero attached hydrogens (tertiary/aromatic N) is 1. The third kappa shape index (κ3) is 3.50. The molecule has 0 saturated heterocycles. The first kappa shape index (κ1) is 16.5. The Labute approximate surface area is 127 Å². The number of alkyl halides is 3. The molecule has 2 rings (SSSR count). The number of carboxylic acid groups (broad SMARTS) is 1. The highest BCUT2D eigenvalue weighted by Crippen LogP contribution is 2.42. The first-order valence-corrected chi connectivity index (χ1v) is 6.31. The molecule has 1 aromatic rings. The van der Waals surface area contributed by atoms with E-state index in [0.29, 0.717) is 6.20 Å². The lowest BCUT2D eigenvalue weighted by atomic mass is 9.90. The Bertz CT molecular complexity index is 709. The van der Waals surface area contributed by atoms with Crippen molar-refractivity contribution in [1.29, 1.82) is 0 Å². The Morgan fingerprint density at radius 3 is 2.61 bits per heavy atom. The molecule has 9 heteroatoms. The van der Waals surface area contributed by atoms with Gasteiger partial charge in [-0.3, -0.25) is 10.1 Å². The van der Waals surface area contributed by atoms with Gasteiger partial charge in [-0.05, 0) is 24.1 Å². The second kappa shape index (κ2) is 6.11. The first-order valence-electron chi connectivity index (χ1n) is 6.31. The third-order valence-electron chi connectivity index (χ3n) is 3.12. The minimum Gasteiger partial charge on any atom is -0.478 e. The number of ether oxygens (including phenoxy) is 1. The fourth-order valence-corrected chi connectivity index (χ4v) is 2.26. The van der Waals surface area contributed by atoms with Gasteiger partial charge in [-0.25, -0.2) is 4.79 Å².